The first-order chi connectivity index (χ1) is 6.33. The Morgan fingerprint density at radius 2 is 1.57 bits per heavy atom. The minimum Gasteiger partial charge on any atom is -0.370 e. The Bertz CT molecular complexity index is 148. The van der Waals surface area contributed by atoms with E-state index in [9.17, 15) is 26.3 Å². The molecule has 86 valence electrons. The highest BCUT2D eigenvalue weighted by Crippen LogP contribution is 2.14. The SMILES string of the molecule is FC(F)C(F)OCCOCC(F)(F)F. The van der Waals surface area contributed by atoms with Crippen LogP contribution in [0.2, 0.25) is 0 Å². The van der Waals surface area contributed by atoms with Gasteiger partial charge in [0.05, 0.1) is 13.2 Å². The van der Waals surface area contributed by atoms with Crippen LogP contribution in [0.1, 0.15) is 0 Å². The van der Waals surface area contributed by atoms with Crippen LogP contribution in [0, 0.1) is 0 Å². The predicted octanol–water partition coefficient (Wildman–Crippen LogP) is 2.14. The molecule has 0 heterocycles. The molecule has 2 nitrogen and oxygen atoms in total. The van der Waals surface area contributed by atoms with Crippen molar-refractivity contribution in [2.75, 3.05) is 19.8 Å². The summed E-state index contributed by atoms with van der Waals surface area (Å²) in [6, 6.07) is 0. The highest BCUT2D eigenvalue weighted by molar-refractivity contribution is 4.46. The first-order valence-corrected chi connectivity index (χ1v) is 3.51. The van der Waals surface area contributed by atoms with Crippen LogP contribution < -0.4 is 0 Å². The van der Waals surface area contributed by atoms with Crippen LogP contribution in [0.5, 0.6) is 0 Å². The zero-order chi connectivity index (χ0) is 11.2. The van der Waals surface area contributed by atoms with Gasteiger partial charge in [0.25, 0.3) is 12.8 Å². The van der Waals surface area contributed by atoms with Crippen molar-refractivity contribution < 1.29 is 35.8 Å². The highest BCUT2D eigenvalue weighted by atomic mass is 19.4. The third kappa shape index (κ3) is 8.11. The number of rotatable bonds is 6. The molecular formula is C6H8F6O2. The van der Waals surface area contributed by atoms with E-state index in [4.69, 9.17) is 0 Å². The summed E-state index contributed by atoms with van der Waals surface area (Å²) >= 11 is 0. The van der Waals surface area contributed by atoms with Gasteiger partial charge in [-0.3, -0.25) is 0 Å². The fourth-order valence-electron chi connectivity index (χ4n) is 0.480. The number of alkyl halides is 6. The molecule has 0 fully saturated rings. The number of ether oxygens (including phenoxy) is 2. The van der Waals surface area contributed by atoms with Gasteiger partial charge in [-0.15, -0.1) is 0 Å². The summed E-state index contributed by atoms with van der Waals surface area (Å²) in [5.74, 6) is 0. The van der Waals surface area contributed by atoms with Crippen molar-refractivity contribution in [1.29, 1.82) is 0 Å². The van der Waals surface area contributed by atoms with Gasteiger partial charge in [-0.05, 0) is 0 Å². The van der Waals surface area contributed by atoms with E-state index in [0.717, 1.165) is 0 Å². The van der Waals surface area contributed by atoms with Crippen molar-refractivity contribution >= 4 is 0 Å². The lowest BCUT2D eigenvalue weighted by atomic mass is 10.6. The first kappa shape index (κ1) is 13.5. The maximum atomic E-state index is 11.9. The molecule has 14 heavy (non-hydrogen) atoms. The fourth-order valence-corrected chi connectivity index (χ4v) is 0.480. The largest absolute Gasteiger partial charge is 0.411 e. The van der Waals surface area contributed by atoms with E-state index >= 15 is 0 Å². The maximum absolute atomic E-state index is 11.9. The van der Waals surface area contributed by atoms with Crippen LogP contribution >= 0.6 is 0 Å². The summed E-state index contributed by atoms with van der Waals surface area (Å²) in [6.07, 6.45) is -10.6. The Morgan fingerprint density at radius 1 is 1.00 bits per heavy atom. The van der Waals surface area contributed by atoms with E-state index in [-0.39, 0.29) is 0 Å². The summed E-state index contributed by atoms with van der Waals surface area (Å²) in [6.45, 7) is -2.75. The van der Waals surface area contributed by atoms with Crippen molar-refractivity contribution in [3.63, 3.8) is 0 Å². The monoisotopic (exact) mass is 226 g/mol. The van der Waals surface area contributed by atoms with Gasteiger partial charge in [-0.2, -0.15) is 13.2 Å². The molecule has 8 heteroatoms. The molecule has 0 aliphatic carbocycles. The Kier molecular flexibility index (Phi) is 5.86. The second-order valence-electron chi connectivity index (χ2n) is 2.22. The van der Waals surface area contributed by atoms with E-state index in [0.29, 0.717) is 0 Å². The zero-order valence-electron chi connectivity index (χ0n) is 6.86. The molecule has 0 aromatic heterocycles. The van der Waals surface area contributed by atoms with E-state index in [1.165, 1.54) is 0 Å². The lowest BCUT2D eigenvalue weighted by Crippen LogP contribution is -2.22. The number of hydrogen-bond acceptors (Lipinski definition) is 2. The molecule has 0 radical (unpaired) electrons. The predicted molar refractivity (Wildman–Crippen MR) is 33.7 cm³/mol. The summed E-state index contributed by atoms with van der Waals surface area (Å²) in [7, 11) is 0. The third-order valence-electron chi connectivity index (χ3n) is 0.969. The van der Waals surface area contributed by atoms with Gasteiger partial charge < -0.3 is 9.47 Å². The summed E-state index contributed by atoms with van der Waals surface area (Å²) in [5, 5.41) is 0. The van der Waals surface area contributed by atoms with Crippen molar-refractivity contribution in [2.45, 2.75) is 19.0 Å². The Labute approximate surface area is 75.8 Å². The molecule has 0 saturated heterocycles. The van der Waals surface area contributed by atoms with E-state index < -0.39 is 38.8 Å². The Morgan fingerprint density at radius 3 is 2.00 bits per heavy atom. The molecule has 0 rings (SSSR count). The van der Waals surface area contributed by atoms with Crippen molar-refractivity contribution in [1.82, 2.24) is 0 Å². The molecule has 0 amide bonds. The molecule has 0 aromatic rings. The van der Waals surface area contributed by atoms with Crippen LogP contribution in [0.3, 0.4) is 0 Å². The molecular weight excluding hydrogens is 218 g/mol. The van der Waals surface area contributed by atoms with Gasteiger partial charge in [0.2, 0.25) is 0 Å². The molecule has 0 N–H and O–H groups in total. The lowest BCUT2D eigenvalue weighted by molar-refractivity contribution is -0.184. The van der Waals surface area contributed by atoms with Crippen LogP contribution in [0.4, 0.5) is 26.3 Å². The van der Waals surface area contributed by atoms with Gasteiger partial charge >= 0.3 is 6.18 Å². The average molecular weight is 226 g/mol. The molecule has 0 spiro atoms. The fraction of sp³-hybridized carbons (Fsp3) is 1.00. The minimum absolute atomic E-state index is 0.591. The quantitative estimate of drug-likeness (QED) is 0.510. The van der Waals surface area contributed by atoms with Crippen LogP contribution in [-0.2, 0) is 9.47 Å². The summed E-state index contributed by atoms with van der Waals surface area (Å²) in [4.78, 5) is 0. The van der Waals surface area contributed by atoms with Gasteiger partial charge in [0.15, 0.2) is 0 Å². The number of halogens is 6. The van der Waals surface area contributed by atoms with E-state index in [1.807, 2.05) is 0 Å². The van der Waals surface area contributed by atoms with Crippen LogP contribution in [0.25, 0.3) is 0 Å². The van der Waals surface area contributed by atoms with E-state index in [1.54, 1.807) is 0 Å². The second kappa shape index (κ2) is 6.07. The van der Waals surface area contributed by atoms with Crippen LogP contribution in [-0.4, -0.2) is 38.8 Å². The molecule has 1 unspecified atom stereocenters. The molecule has 0 aliphatic rings. The second-order valence-corrected chi connectivity index (χ2v) is 2.22. The maximum Gasteiger partial charge on any atom is 0.411 e. The minimum atomic E-state index is -4.49. The van der Waals surface area contributed by atoms with Gasteiger partial charge in [0, 0.05) is 0 Å². The van der Waals surface area contributed by atoms with Gasteiger partial charge in [-0.25, -0.2) is 13.2 Å². The third-order valence-corrected chi connectivity index (χ3v) is 0.969. The van der Waals surface area contributed by atoms with Crippen LogP contribution in [0.15, 0.2) is 0 Å². The first-order valence-electron chi connectivity index (χ1n) is 3.51. The normalized spacial score (nSPS) is 14.8. The van der Waals surface area contributed by atoms with Gasteiger partial charge in [-0.1, -0.05) is 0 Å². The molecule has 0 bridgehead atoms. The summed E-state index contributed by atoms with van der Waals surface area (Å²) < 4.78 is 76.8. The molecule has 0 saturated carbocycles. The van der Waals surface area contributed by atoms with E-state index in [2.05, 4.69) is 9.47 Å². The molecule has 0 aliphatic heterocycles. The zero-order valence-corrected chi connectivity index (χ0v) is 6.86. The topological polar surface area (TPSA) is 18.5 Å². The van der Waals surface area contributed by atoms with Crippen molar-refractivity contribution in [3.8, 4) is 0 Å². The smallest absolute Gasteiger partial charge is 0.370 e. The van der Waals surface area contributed by atoms with Crippen molar-refractivity contribution in [2.24, 2.45) is 0 Å². The lowest BCUT2D eigenvalue weighted by Gasteiger charge is -2.10. The van der Waals surface area contributed by atoms with Crippen molar-refractivity contribution in [3.05, 3.63) is 0 Å². The standard InChI is InChI=1S/C6H8F6O2/c7-4(8)5(9)14-2-1-13-3-6(10,11)12/h4-5H,1-3H2. The summed E-state index contributed by atoms with van der Waals surface area (Å²) in [5.41, 5.74) is 0. The van der Waals surface area contributed by atoms with Gasteiger partial charge in [0.1, 0.15) is 6.61 Å². The molecule has 0 aromatic carbocycles. The Hall–Kier alpha value is -0.500. The number of hydrogen-bond donors (Lipinski definition) is 0. The molecule has 1 atom stereocenters. The Balaban J connectivity index is 3.30. The highest BCUT2D eigenvalue weighted by Gasteiger charge is 2.27. The average Bonchev–Trinajstić information content (AvgIpc) is 2.01.